The van der Waals surface area contributed by atoms with Crippen LogP contribution in [0.25, 0.3) is 22.2 Å². The quantitative estimate of drug-likeness (QED) is 0.471. The maximum Gasteiger partial charge on any atom is 0.268 e. The Labute approximate surface area is 161 Å². The van der Waals surface area contributed by atoms with Crippen LogP contribution in [0.1, 0.15) is 5.82 Å². The number of benzene rings is 1. The topological polar surface area (TPSA) is 89.7 Å². The molecule has 0 fully saturated rings. The van der Waals surface area contributed by atoms with Gasteiger partial charge in [0.1, 0.15) is 5.75 Å². The van der Waals surface area contributed by atoms with E-state index in [1.54, 1.807) is 36.6 Å². The van der Waals surface area contributed by atoms with Crippen molar-refractivity contribution in [1.82, 2.24) is 25.3 Å². The van der Waals surface area contributed by atoms with Gasteiger partial charge in [-0.25, -0.2) is 4.98 Å². The van der Waals surface area contributed by atoms with Crippen LogP contribution in [0.3, 0.4) is 0 Å². The molecule has 0 amide bonds. The first kappa shape index (κ1) is 17.1. The van der Waals surface area contributed by atoms with Crippen molar-refractivity contribution in [3.63, 3.8) is 0 Å². The lowest BCUT2D eigenvalue weighted by Crippen LogP contribution is -1.89. The van der Waals surface area contributed by atoms with Gasteiger partial charge < -0.3 is 9.26 Å². The van der Waals surface area contributed by atoms with Crippen molar-refractivity contribution < 1.29 is 9.26 Å². The van der Waals surface area contributed by atoms with Crippen molar-refractivity contribution in [1.29, 1.82) is 0 Å². The molecule has 3 heterocycles. The van der Waals surface area contributed by atoms with Gasteiger partial charge in [0.05, 0.1) is 23.3 Å². The van der Waals surface area contributed by atoms with Gasteiger partial charge in [0.25, 0.3) is 5.89 Å². The van der Waals surface area contributed by atoms with E-state index >= 15 is 0 Å². The predicted molar refractivity (Wildman–Crippen MR) is 101 cm³/mol. The first-order valence-electron chi connectivity index (χ1n) is 7.48. The van der Waals surface area contributed by atoms with E-state index in [1.165, 1.54) is 11.8 Å². The summed E-state index contributed by atoms with van der Waals surface area (Å²) in [5, 5.41) is 14.2. The molecule has 4 rings (SSSR count). The number of H-pyrrole nitrogens is 1. The van der Waals surface area contributed by atoms with E-state index in [0.29, 0.717) is 39.2 Å². The minimum Gasteiger partial charge on any atom is -0.496 e. The Kier molecular flexibility index (Phi) is 4.91. The predicted octanol–water partition coefficient (Wildman–Crippen LogP) is 4.54. The number of halogens is 1. The van der Waals surface area contributed by atoms with Gasteiger partial charge >= 0.3 is 0 Å². The molecule has 0 aliphatic heterocycles. The highest BCUT2D eigenvalue weighted by Crippen LogP contribution is 2.31. The number of methoxy groups -OCH3 is 1. The van der Waals surface area contributed by atoms with Gasteiger partial charge in [-0.2, -0.15) is 4.98 Å². The fraction of sp³-hybridized carbons (Fsp3) is 0.125. The van der Waals surface area contributed by atoms with Gasteiger partial charge in [-0.15, -0.1) is 16.4 Å². The van der Waals surface area contributed by atoms with Gasteiger partial charge in [0.2, 0.25) is 5.16 Å². The van der Waals surface area contributed by atoms with Crippen molar-refractivity contribution in [2.24, 2.45) is 0 Å². The summed E-state index contributed by atoms with van der Waals surface area (Å²) in [6.45, 7) is 0. The molecule has 0 atom stereocenters. The van der Waals surface area contributed by atoms with Gasteiger partial charge in [0, 0.05) is 5.02 Å². The lowest BCUT2D eigenvalue weighted by atomic mass is 10.2. The molecule has 0 spiro atoms. The summed E-state index contributed by atoms with van der Waals surface area (Å²) in [7, 11) is 1.60. The van der Waals surface area contributed by atoms with Crippen LogP contribution < -0.4 is 4.74 Å². The molecule has 7 nitrogen and oxygen atoms in total. The van der Waals surface area contributed by atoms with E-state index < -0.39 is 0 Å². The summed E-state index contributed by atoms with van der Waals surface area (Å²) >= 11 is 9.03. The second kappa shape index (κ2) is 7.48. The third-order valence-corrected chi connectivity index (χ3v) is 5.35. The Morgan fingerprint density at radius 2 is 2.23 bits per heavy atom. The maximum atomic E-state index is 6.07. The first-order chi connectivity index (χ1) is 12.7. The van der Waals surface area contributed by atoms with Crippen molar-refractivity contribution >= 4 is 34.7 Å². The highest BCUT2D eigenvalue weighted by molar-refractivity contribution is 7.98. The molecule has 1 N–H and O–H groups in total. The van der Waals surface area contributed by atoms with Crippen LogP contribution in [0.15, 0.2) is 45.4 Å². The normalized spacial score (nSPS) is 11.0. The summed E-state index contributed by atoms with van der Waals surface area (Å²) < 4.78 is 10.6. The molecule has 1 aromatic carbocycles. The minimum atomic E-state index is 0.499. The molecular weight excluding hydrogens is 394 g/mol. The Bertz CT molecular complexity index is 1020. The molecule has 0 saturated carbocycles. The summed E-state index contributed by atoms with van der Waals surface area (Å²) in [6.07, 6.45) is 0. The third kappa shape index (κ3) is 3.59. The number of thiophene rings is 1. The van der Waals surface area contributed by atoms with E-state index in [2.05, 4.69) is 25.3 Å². The number of ether oxygens (including phenoxy) is 1. The number of nitrogens with one attached hydrogen (secondary N) is 1. The van der Waals surface area contributed by atoms with E-state index in [4.69, 9.17) is 20.9 Å². The average molecular weight is 406 g/mol. The van der Waals surface area contributed by atoms with Crippen LogP contribution in [-0.2, 0) is 5.75 Å². The van der Waals surface area contributed by atoms with Gasteiger partial charge in [-0.1, -0.05) is 34.6 Å². The Morgan fingerprint density at radius 1 is 1.31 bits per heavy atom. The highest BCUT2D eigenvalue weighted by atomic mass is 35.5. The number of rotatable bonds is 6. The zero-order valence-corrected chi connectivity index (χ0v) is 15.9. The molecule has 4 aromatic rings. The molecular formula is C16H12ClN5O2S2. The molecule has 132 valence electrons. The summed E-state index contributed by atoms with van der Waals surface area (Å²) in [5.41, 5.74) is 0.749. The smallest absolute Gasteiger partial charge is 0.268 e. The zero-order chi connectivity index (χ0) is 17.9. The highest BCUT2D eigenvalue weighted by Gasteiger charge is 2.14. The van der Waals surface area contributed by atoms with Gasteiger partial charge in [0.15, 0.2) is 11.6 Å². The van der Waals surface area contributed by atoms with Crippen molar-refractivity contribution in [3.05, 3.63) is 46.6 Å². The number of nitrogens with zero attached hydrogens (tertiary/aromatic N) is 4. The maximum absolute atomic E-state index is 6.07. The van der Waals surface area contributed by atoms with Crippen LogP contribution in [-0.4, -0.2) is 32.4 Å². The van der Waals surface area contributed by atoms with Gasteiger partial charge in [-0.3, -0.25) is 5.10 Å². The molecule has 0 aliphatic carbocycles. The molecule has 26 heavy (non-hydrogen) atoms. The van der Waals surface area contributed by atoms with E-state index in [-0.39, 0.29) is 0 Å². The van der Waals surface area contributed by atoms with Crippen molar-refractivity contribution in [2.45, 2.75) is 10.9 Å². The van der Waals surface area contributed by atoms with Crippen molar-refractivity contribution in [2.75, 3.05) is 7.11 Å². The lowest BCUT2D eigenvalue weighted by Gasteiger charge is -2.05. The monoisotopic (exact) mass is 405 g/mol. The van der Waals surface area contributed by atoms with Crippen molar-refractivity contribution in [3.8, 4) is 27.9 Å². The number of aromatic nitrogens is 5. The van der Waals surface area contributed by atoms with E-state index in [9.17, 15) is 0 Å². The fourth-order valence-electron chi connectivity index (χ4n) is 2.24. The molecule has 0 radical (unpaired) electrons. The number of aromatic amines is 1. The largest absolute Gasteiger partial charge is 0.496 e. The van der Waals surface area contributed by atoms with Gasteiger partial charge in [-0.05, 0) is 29.6 Å². The Morgan fingerprint density at radius 3 is 3.04 bits per heavy atom. The van der Waals surface area contributed by atoms with Crippen LogP contribution in [0, 0.1) is 0 Å². The second-order valence-corrected chi connectivity index (χ2v) is 7.42. The third-order valence-electron chi connectivity index (χ3n) is 3.41. The molecule has 0 bridgehead atoms. The fourth-order valence-corrected chi connectivity index (χ4v) is 3.70. The number of hydrogen-bond acceptors (Lipinski definition) is 8. The zero-order valence-electron chi connectivity index (χ0n) is 13.5. The van der Waals surface area contributed by atoms with E-state index in [0.717, 1.165) is 10.4 Å². The van der Waals surface area contributed by atoms with Crippen LogP contribution in [0.5, 0.6) is 5.75 Å². The Balaban J connectivity index is 1.47. The summed E-state index contributed by atoms with van der Waals surface area (Å²) in [6, 6.07) is 9.21. The Hall–Kier alpha value is -2.36. The summed E-state index contributed by atoms with van der Waals surface area (Å²) in [5.74, 6) is 2.86. The molecule has 0 saturated heterocycles. The molecule has 0 unspecified atom stereocenters. The first-order valence-corrected chi connectivity index (χ1v) is 9.73. The summed E-state index contributed by atoms with van der Waals surface area (Å²) in [4.78, 5) is 9.80. The SMILES string of the molecule is COc1ccc(Cl)cc1-c1nc(SCc2noc(-c3cccs3)n2)n[nH]1. The minimum absolute atomic E-state index is 0.499. The standard InChI is InChI=1S/C16H12ClN5O2S2/c1-23-11-5-4-9(17)7-10(11)14-19-16(21-20-14)26-8-13-18-15(24-22-13)12-3-2-6-25-12/h2-7H,8H2,1H3,(H,19,20,21). The lowest BCUT2D eigenvalue weighted by molar-refractivity contribution is 0.416. The van der Waals surface area contributed by atoms with Crippen LogP contribution >= 0.6 is 34.7 Å². The number of thioether (sulfide) groups is 1. The number of hydrogen-bond donors (Lipinski definition) is 1. The molecule has 0 aliphatic rings. The molecule has 3 aromatic heterocycles. The second-order valence-electron chi connectivity index (χ2n) is 5.09. The van der Waals surface area contributed by atoms with Crippen LogP contribution in [0.4, 0.5) is 0 Å². The van der Waals surface area contributed by atoms with Crippen LogP contribution in [0.2, 0.25) is 5.02 Å². The molecule has 10 heteroatoms. The average Bonchev–Trinajstić information content (AvgIpc) is 3.40. The van der Waals surface area contributed by atoms with E-state index in [1.807, 2.05) is 17.5 Å².